The van der Waals surface area contributed by atoms with Crippen molar-refractivity contribution in [3.05, 3.63) is 0 Å². The molecule has 60 valence electrons. The highest BCUT2D eigenvalue weighted by atomic mass is 16.6. The predicted molar refractivity (Wildman–Crippen MR) is 38.4 cm³/mol. The van der Waals surface area contributed by atoms with Crippen molar-refractivity contribution < 1.29 is 9.84 Å². The maximum atomic E-state index is 8.88. The van der Waals surface area contributed by atoms with Gasteiger partial charge in [-0.3, -0.25) is 0 Å². The van der Waals surface area contributed by atoms with E-state index in [4.69, 9.17) is 15.6 Å². The van der Waals surface area contributed by atoms with Gasteiger partial charge in [-0.05, 0) is 26.2 Å². The summed E-state index contributed by atoms with van der Waals surface area (Å²) in [5, 5.41) is 8.88. The van der Waals surface area contributed by atoms with Crippen LogP contribution in [-0.2, 0) is 4.74 Å². The minimum absolute atomic E-state index is 0.0194. The van der Waals surface area contributed by atoms with Crippen molar-refractivity contribution in [3.8, 4) is 0 Å². The van der Waals surface area contributed by atoms with Gasteiger partial charge in [0.1, 0.15) is 6.23 Å². The fourth-order valence-corrected chi connectivity index (χ4v) is 1.00. The minimum Gasteiger partial charge on any atom is -0.393 e. The second-order valence-electron chi connectivity index (χ2n) is 2.92. The van der Waals surface area contributed by atoms with Crippen molar-refractivity contribution in [2.45, 2.75) is 44.6 Å². The zero-order valence-electron chi connectivity index (χ0n) is 6.29. The summed E-state index contributed by atoms with van der Waals surface area (Å²) >= 11 is 0. The first kappa shape index (κ1) is 7.98. The quantitative estimate of drug-likeness (QED) is 0.556. The van der Waals surface area contributed by atoms with Crippen LogP contribution in [-0.4, -0.2) is 23.5 Å². The summed E-state index contributed by atoms with van der Waals surface area (Å²) in [6.45, 7) is 1.80. The number of aliphatic hydroxyl groups is 1. The van der Waals surface area contributed by atoms with E-state index in [0.29, 0.717) is 0 Å². The topological polar surface area (TPSA) is 58.8 Å². The molecular formula is C7H15NO2. The number of rotatable bonds is 4. The van der Waals surface area contributed by atoms with Crippen LogP contribution in [0.5, 0.6) is 0 Å². The number of nitrogens with two attached hydrogens (primary N) is 1. The average molecular weight is 145 g/mol. The van der Waals surface area contributed by atoms with Crippen molar-refractivity contribution >= 4 is 0 Å². The van der Waals surface area contributed by atoms with E-state index in [1.165, 1.54) is 0 Å². The largest absolute Gasteiger partial charge is 0.393 e. The first-order valence-electron chi connectivity index (χ1n) is 3.79. The van der Waals surface area contributed by atoms with Gasteiger partial charge >= 0.3 is 0 Å². The van der Waals surface area contributed by atoms with Crippen molar-refractivity contribution in [1.29, 1.82) is 0 Å². The third kappa shape index (κ3) is 2.64. The molecule has 0 bridgehead atoms. The highest BCUT2D eigenvalue weighted by Gasteiger charge is 2.33. The van der Waals surface area contributed by atoms with Crippen molar-refractivity contribution in [2.75, 3.05) is 0 Å². The first-order valence-corrected chi connectivity index (χ1v) is 3.79. The third-order valence-electron chi connectivity index (χ3n) is 1.73. The summed E-state index contributed by atoms with van der Waals surface area (Å²) < 4.78 is 4.99. The summed E-state index contributed by atoms with van der Waals surface area (Å²) in [4.78, 5) is 0. The maximum absolute atomic E-state index is 8.88. The van der Waals surface area contributed by atoms with E-state index in [2.05, 4.69) is 0 Å². The van der Waals surface area contributed by atoms with Crippen LogP contribution >= 0.6 is 0 Å². The Morgan fingerprint density at radius 2 is 2.30 bits per heavy atom. The second-order valence-corrected chi connectivity index (χ2v) is 2.92. The van der Waals surface area contributed by atoms with E-state index in [0.717, 1.165) is 19.3 Å². The van der Waals surface area contributed by atoms with Gasteiger partial charge < -0.3 is 15.6 Å². The molecule has 0 aromatic carbocycles. The molecule has 0 radical (unpaired) electrons. The molecule has 3 atom stereocenters. The Hall–Kier alpha value is -0.120. The van der Waals surface area contributed by atoms with Gasteiger partial charge in [0, 0.05) is 0 Å². The number of hydrogen-bond acceptors (Lipinski definition) is 3. The second kappa shape index (κ2) is 3.32. The normalized spacial score (nSPS) is 33.9. The molecule has 1 heterocycles. The lowest BCUT2D eigenvalue weighted by atomic mass is 10.1. The molecule has 3 N–H and O–H groups in total. The van der Waals surface area contributed by atoms with Crippen LogP contribution in [0.3, 0.4) is 0 Å². The summed E-state index contributed by atoms with van der Waals surface area (Å²) in [7, 11) is 0. The Morgan fingerprint density at radius 3 is 2.70 bits per heavy atom. The van der Waals surface area contributed by atoms with Gasteiger partial charge in [0.2, 0.25) is 0 Å². The average Bonchev–Trinajstić information content (AvgIpc) is 2.46. The third-order valence-corrected chi connectivity index (χ3v) is 1.73. The van der Waals surface area contributed by atoms with Crippen LogP contribution in [0.15, 0.2) is 0 Å². The van der Waals surface area contributed by atoms with E-state index in [-0.39, 0.29) is 18.4 Å². The van der Waals surface area contributed by atoms with E-state index in [9.17, 15) is 0 Å². The Morgan fingerprint density at radius 1 is 1.70 bits per heavy atom. The molecule has 10 heavy (non-hydrogen) atoms. The lowest BCUT2D eigenvalue weighted by Gasteiger charge is -2.00. The standard InChI is InChI=1S/C7H15NO2/c1-5(9)3-2-4-6-7(8)10-6/h5-7,9H,2-4,8H2,1H3/t5-,6?,7?/m1/s1. The van der Waals surface area contributed by atoms with Crippen LogP contribution < -0.4 is 5.73 Å². The molecule has 0 aliphatic carbocycles. The molecule has 0 saturated carbocycles. The van der Waals surface area contributed by atoms with E-state index in [1.807, 2.05) is 0 Å². The molecule has 1 saturated heterocycles. The highest BCUT2D eigenvalue weighted by Crippen LogP contribution is 2.22. The van der Waals surface area contributed by atoms with Gasteiger partial charge in [-0.25, -0.2) is 0 Å². The summed E-state index contributed by atoms with van der Waals surface area (Å²) in [5.41, 5.74) is 5.40. The molecule has 0 spiro atoms. The molecule has 1 aliphatic heterocycles. The molecule has 3 heteroatoms. The van der Waals surface area contributed by atoms with E-state index >= 15 is 0 Å². The number of ether oxygens (including phenoxy) is 1. The van der Waals surface area contributed by atoms with Crippen LogP contribution in [0.1, 0.15) is 26.2 Å². The molecular weight excluding hydrogens is 130 g/mol. The van der Waals surface area contributed by atoms with Crippen molar-refractivity contribution in [1.82, 2.24) is 0 Å². The zero-order chi connectivity index (χ0) is 7.56. The van der Waals surface area contributed by atoms with Crippen LogP contribution in [0.2, 0.25) is 0 Å². The van der Waals surface area contributed by atoms with Gasteiger partial charge in [0.15, 0.2) is 0 Å². The molecule has 0 amide bonds. The Bertz CT molecular complexity index is 106. The van der Waals surface area contributed by atoms with Crippen LogP contribution in [0.4, 0.5) is 0 Å². The van der Waals surface area contributed by atoms with Crippen LogP contribution in [0, 0.1) is 0 Å². The summed E-state index contributed by atoms with van der Waals surface area (Å²) in [6.07, 6.45) is 2.93. The fourth-order valence-electron chi connectivity index (χ4n) is 1.00. The monoisotopic (exact) mass is 145 g/mol. The summed E-state index contributed by atoms with van der Waals surface area (Å²) in [5.74, 6) is 0. The van der Waals surface area contributed by atoms with Crippen molar-refractivity contribution in [3.63, 3.8) is 0 Å². The van der Waals surface area contributed by atoms with E-state index < -0.39 is 0 Å². The highest BCUT2D eigenvalue weighted by molar-refractivity contribution is 4.78. The smallest absolute Gasteiger partial charge is 0.132 e. The SMILES string of the molecule is C[C@@H](O)CCCC1OC1N. The lowest BCUT2D eigenvalue weighted by Crippen LogP contribution is -2.06. The molecule has 0 aromatic rings. The number of aliphatic hydroxyl groups excluding tert-OH is 1. The fraction of sp³-hybridized carbons (Fsp3) is 1.00. The molecule has 1 aliphatic rings. The van der Waals surface area contributed by atoms with Gasteiger partial charge in [0.25, 0.3) is 0 Å². The maximum Gasteiger partial charge on any atom is 0.132 e. The Balaban J connectivity index is 1.87. The predicted octanol–water partition coefficient (Wildman–Crippen LogP) is 0.221. The Kier molecular flexibility index (Phi) is 2.65. The number of epoxide rings is 1. The van der Waals surface area contributed by atoms with Gasteiger partial charge in [-0.2, -0.15) is 0 Å². The molecule has 3 nitrogen and oxygen atoms in total. The van der Waals surface area contributed by atoms with E-state index in [1.54, 1.807) is 6.92 Å². The zero-order valence-corrected chi connectivity index (χ0v) is 6.29. The van der Waals surface area contributed by atoms with Gasteiger partial charge in [0.05, 0.1) is 12.2 Å². The first-order chi connectivity index (χ1) is 4.70. The molecule has 0 aromatic heterocycles. The van der Waals surface area contributed by atoms with Gasteiger partial charge in [-0.15, -0.1) is 0 Å². The molecule has 1 fully saturated rings. The van der Waals surface area contributed by atoms with Crippen LogP contribution in [0.25, 0.3) is 0 Å². The molecule has 1 rings (SSSR count). The lowest BCUT2D eigenvalue weighted by molar-refractivity contribution is 0.179. The number of hydrogen-bond donors (Lipinski definition) is 2. The Labute approximate surface area is 61.2 Å². The van der Waals surface area contributed by atoms with Crippen molar-refractivity contribution in [2.24, 2.45) is 5.73 Å². The summed E-state index contributed by atoms with van der Waals surface area (Å²) in [6, 6.07) is 0. The van der Waals surface area contributed by atoms with Gasteiger partial charge in [-0.1, -0.05) is 0 Å². The molecule has 2 unspecified atom stereocenters. The minimum atomic E-state index is -0.185.